The van der Waals surface area contributed by atoms with Crippen LogP contribution in [0.15, 0.2) is 40.8 Å². The summed E-state index contributed by atoms with van der Waals surface area (Å²) < 4.78 is 12.4. The molecule has 1 aromatic carbocycles. The fourth-order valence-corrected chi connectivity index (χ4v) is 3.58. The number of hydrogen-bond donors (Lipinski definition) is 1. The van der Waals surface area contributed by atoms with Crippen molar-refractivity contribution in [3.05, 3.63) is 51.9 Å². The Kier molecular flexibility index (Phi) is 4.34. The molecule has 0 radical (unpaired) electrons. The van der Waals surface area contributed by atoms with Gasteiger partial charge in [0.2, 0.25) is 5.91 Å². The van der Waals surface area contributed by atoms with E-state index in [9.17, 15) is 9.59 Å². The predicted octanol–water partition coefficient (Wildman–Crippen LogP) is 2.11. The monoisotopic (exact) mass is 371 g/mol. The number of fused-ring (bicyclic) bond motifs is 2. The molecule has 1 atom stereocenters. The number of nitrogens with zero attached hydrogens (tertiary/aromatic N) is 2. The van der Waals surface area contributed by atoms with Gasteiger partial charge in [0, 0.05) is 0 Å². The summed E-state index contributed by atoms with van der Waals surface area (Å²) in [7, 11) is 0. The Balaban J connectivity index is 1.47. The number of benzene rings is 1. The SMILES string of the molecule is C[C@H](NC(=O)Cn1cnc2sccc2c1=O)c1ccc2c(c1)OCCO2. The molecule has 1 aliphatic rings. The molecule has 3 aromatic rings. The van der Waals surface area contributed by atoms with Gasteiger partial charge in [0.25, 0.3) is 5.56 Å². The zero-order valence-electron chi connectivity index (χ0n) is 14.1. The van der Waals surface area contributed by atoms with Crippen molar-refractivity contribution < 1.29 is 14.3 Å². The van der Waals surface area contributed by atoms with Gasteiger partial charge in [-0.2, -0.15) is 0 Å². The summed E-state index contributed by atoms with van der Waals surface area (Å²) >= 11 is 1.40. The quantitative estimate of drug-likeness (QED) is 0.760. The number of amides is 1. The highest BCUT2D eigenvalue weighted by atomic mass is 32.1. The highest BCUT2D eigenvalue weighted by Crippen LogP contribution is 2.32. The van der Waals surface area contributed by atoms with Gasteiger partial charge in [-0.25, -0.2) is 4.98 Å². The normalized spacial score (nSPS) is 14.2. The molecule has 7 nitrogen and oxygen atoms in total. The van der Waals surface area contributed by atoms with E-state index in [-0.39, 0.29) is 24.1 Å². The Morgan fingerprint density at radius 1 is 1.31 bits per heavy atom. The van der Waals surface area contributed by atoms with Crippen LogP contribution in [-0.2, 0) is 11.3 Å². The molecule has 26 heavy (non-hydrogen) atoms. The average Bonchev–Trinajstić information content (AvgIpc) is 3.13. The van der Waals surface area contributed by atoms with Crippen LogP contribution in [-0.4, -0.2) is 28.7 Å². The molecular weight excluding hydrogens is 354 g/mol. The number of ether oxygens (including phenoxy) is 2. The molecule has 134 valence electrons. The minimum absolute atomic E-state index is 0.0769. The second-order valence-electron chi connectivity index (χ2n) is 6.01. The van der Waals surface area contributed by atoms with E-state index in [0.717, 1.165) is 5.56 Å². The smallest absolute Gasteiger partial charge is 0.262 e. The fraction of sp³-hybridized carbons (Fsp3) is 0.278. The molecule has 1 amide bonds. The largest absolute Gasteiger partial charge is 0.486 e. The maximum atomic E-state index is 12.4. The van der Waals surface area contributed by atoms with Gasteiger partial charge in [-0.05, 0) is 36.1 Å². The molecule has 0 unspecified atom stereocenters. The summed E-state index contributed by atoms with van der Waals surface area (Å²) in [5, 5.41) is 5.25. The van der Waals surface area contributed by atoms with Gasteiger partial charge in [-0.15, -0.1) is 11.3 Å². The zero-order chi connectivity index (χ0) is 18.1. The Hall–Kier alpha value is -2.87. The predicted molar refractivity (Wildman–Crippen MR) is 97.9 cm³/mol. The van der Waals surface area contributed by atoms with Gasteiger partial charge < -0.3 is 14.8 Å². The van der Waals surface area contributed by atoms with Crippen LogP contribution in [0, 0.1) is 0 Å². The number of aromatic nitrogens is 2. The van der Waals surface area contributed by atoms with E-state index in [1.165, 1.54) is 22.2 Å². The first kappa shape index (κ1) is 16.6. The lowest BCUT2D eigenvalue weighted by molar-refractivity contribution is -0.122. The van der Waals surface area contributed by atoms with Gasteiger partial charge >= 0.3 is 0 Å². The highest BCUT2D eigenvalue weighted by Gasteiger charge is 2.16. The van der Waals surface area contributed by atoms with Crippen LogP contribution in [0.4, 0.5) is 0 Å². The van der Waals surface area contributed by atoms with Crippen molar-refractivity contribution in [1.82, 2.24) is 14.9 Å². The highest BCUT2D eigenvalue weighted by molar-refractivity contribution is 7.16. The lowest BCUT2D eigenvalue weighted by Gasteiger charge is -2.21. The molecule has 1 N–H and O–H groups in total. The average molecular weight is 371 g/mol. The van der Waals surface area contributed by atoms with Crippen LogP contribution in [0.2, 0.25) is 0 Å². The number of hydrogen-bond acceptors (Lipinski definition) is 6. The summed E-state index contributed by atoms with van der Waals surface area (Å²) in [5.41, 5.74) is 0.694. The van der Waals surface area contributed by atoms with E-state index < -0.39 is 0 Å². The summed E-state index contributed by atoms with van der Waals surface area (Å²) in [4.78, 5) is 29.6. The summed E-state index contributed by atoms with van der Waals surface area (Å²) in [6.07, 6.45) is 1.41. The third-order valence-electron chi connectivity index (χ3n) is 4.21. The van der Waals surface area contributed by atoms with Crippen LogP contribution < -0.4 is 20.3 Å². The third kappa shape index (κ3) is 3.15. The first-order valence-electron chi connectivity index (χ1n) is 8.23. The van der Waals surface area contributed by atoms with Crippen molar-refractivity contribution in [3.8, 4) is 11.5 Å². The van der Waals surface area contributed by atoms with Crippen molar-refractivity contribution in [2.75, 3.05) is 13.2 Å². The molecule has 4 rings (SSSR count). The van der Waals surface area contributed by atoms with Crippen LogP contribution in [0.1, 0.15) is 18.5 Å². The van der Waals surface area contributed by atoms with Gasteiger partial charge in [-0.1, -0.05) is 6.07 Å². The van der Waals surface area contributed by atoms with E-state index in [2.05, 4.69) is 10.3 Å². The second kappa shape index (κ2) is 6.80. The van der Waals surface area contributed by atoms with Crippen LogP contribution in [0.25, 0.3) is 10.2 Å². The van der Waals surface area contributed by atoms with Crippen molar-refractivity contribution in [1.29, 1.82) is 0 Å². The first-order chi connectivity index (χ1) is 12.6. The van der Waals surface area contributed by atoms with E-state index in [0.29, 0.717) is 34.9 Å². The second-order valence-corrected chi connectivity index (χ2v) is 6.90. The molecule has 0 spiro atoms. The van der Waals surface area contributed by atoms with Crippen molar-refractivity contribution in [2.24, 2.45) is 0 Å². The maximum absolute atomic E-state index is 12.4. The minimum atomic E-state index is -0.258. The molecule has 0 bridgehead atoms. The van der Waals surface area contributed by atoms with Crippen LogP contribution >= 0.6 is 11.3 Å². The van der Waals surface area contributed by atoms with E-state index in [1.54, 1.807) is 6.07 Å². The summed E-state index contributed by atoms with van der Waals surface area (Å²) in [5.74, 6) is 1.13. The standard InChI is InChI=1S/C18H17N3O4S/c1-11(12-2-3-14-15(8-12)25-6-5-24-14)20-16(22)9-21-10-19-17-13(18(21)23)4-7-26-17/h2-4,7-8,10-11H,5-6,9H2,1H3,(H,20,22)/t11-/m0/s1. The third-order valence-corrected chi connectivity index (χ3v) is 5.03. The number of nitrogens with one attached hydrogen (secondary N) is 1. The molecular formula is C18H17N3O4S. The van der Waals surface area contributed by atoms with Crippen molar-refractivity contribution >= 4 is 27.5 Å². The Morgan fingerprint density at radius 2 is 2.12 bits per heavy atom. The van der Waals surface area contributed by atoms with Gasteiger partial charge in [0.1, 0.15) is 24.6 Å². The number of carbonyl (C=O) groups is 1. The molecule has 0 saturated heterocycles. The molecule has 3 heterocycles. The molecule has 0 saturated carbocycles. The summed E-state index contributed by atoms with van der Waals surface area (Å²) in [6, 6.07) is 7.09. The molecule has 0 fully saturated rings. The molecule has 0 aliphatic carbocycles. The van der Waals surface area contributed by atoms with Crippen LogP contribution in [0.5, 0.6) is 11.5 Å². The molecule has 2 aromatic heterocycles. The zero-order valence-corrected chi connectivity index (χ0v) is 14.9. The Bertz CT molecular complexity index is 1030. The van der Waals surface area contributed by atoms with Crippen molar-refractivity contribution in [3.63, 3.8) is 0 Å². The maximum Gasteiger partial charge on any atom is 0.262 e. The van der Waals surface area contributed by atoms with E-state index in [4.69, 9.17) is 9.47 Å². The lowest BCUT2D eigenvalue weighted by atomic mass is 10.1. The summed E-state index contributed by atoms with van der Waals surface area (Å²) in [6.45, 7) is 2.85. The lowest BCUT2D eigenvalue weighted by Crippen LogP contribution is -2.33. The van der Waals surface area contributed by atoms with Crippen molar-refractivity contribution in [2.45, 2.75) is 19.5 Å². The molecule has 1 aliphatic heterocycles. The topological polar surface area (TPSA) is 82.5 Å². The number of thiophene rings is 1. The Labute approximate surface area is 153 Å². The van der Waals surface area contributed by atoms with Gasteiger partial charge in [0.15, 0.2) is 11.5 Å². The fourth-order valence-electron chi connectivity index (χ4n) is 2.86. The molecule has 8 heteroatoms. The number of rotatable bonds is 4. The van der Waals surface area contributed by atoms with Gasteiger partial charge in [-0.3, -0.25) is 14.2 Å². The van der Waals surface area contributed by atoms with E-state index >= 15 is 0 Å². The number of carbonyl (C=O) groups excluding carboxylic acids is 1. The first-order valence-corrected chi connectivity index (χ1v) is 9.11. The van der Waals surface area contributed by atoms with Crippen LogP contribution in [0.3, 0.4) is 0 Å². The Morgan fingerprint density at radius 3 is 2.96 bits per heavy atom. The minimum Gasteiger partial charge on any atom is -0.486 e. The van der Waals surface area contributed by atoms with Gasteiger partial charge in [0.05, 0.1) is 17.8 Å². The van der Waals surface area contributed by atoms with E-state index in [1.807, 2.05) is 30.5 Å².